The number of amides is 1. The van der Waals surface area contributed by atoms with Crippen molar-refractivity contribution < 1.29 is 4.79 Å². The van der Waals surface area contributed by atoms with E-state index in [0.717, 1.165) is 42.9 Å². The minimum Gasteiger partial charge on any atom is -0.348 e. The standard InChI is InChI=1S/C19H25N5O/c25-19(18-17-16(9-11-21-18)22-13-23-17)24(15-7-2-1-3-8-15)12-14-6-4-5-10-20-14/h4-6,10,13,15,18,21H,1-3,7-9,11-12H2,(H,22,23)/t18-/m0/s1. The fraction of sp³-hybridized carbons (Fsp3) is 0.526. The molecule has 1 saturated carbocycles. The molecule has 1 aliphatic carbocycles. The van der Waals surface area contributed by atoms with Crippen molar-refractivity contribution in [3.8, 4) is 0 Å². The molecule has 25 heavy (non-hydrogen) atoms. The monoisotopic (exact) mass is 339 g/mol. The van der Waals surface area contributed by atoms with Crippen molar-refractivity contribution in [3.05, 3.63) is 47.8 Å². The van der Waals surface area contributed by atoms with Gasteiger partial charge in [-0.05, 0) is 25.0 Å². The molecule has 3 heterocycles. The number of pyridine rings is 1. The summed E-state index contributed by atoms with van der Waals surface area (Å²) in [4.78, 5) is 27.5. The SMILES string of the molecule is O=C([C@H]1NCCc2[nH]cnc21)N(Cc1ccccn1)C1CCCCC1. The van der Waals surface area contributed by atoms with Gasteiger partial charge in [0.1, 0.15) is 6.04 Å². The van der Waals surface area contributed by atoms with Crippen LogP contribution in [0.5, 0.6) is 0 Å². The molecule has 1 fully saturated rings. The van der Waals surface area contributed by atoms with E-state index in [0.29, 0.717) is 12.6 Å². The van der Waals surface area contributed by atoms with Crippen molar-refractivity contribution >= 4 is 5.91 Å². The van der Waals surface area contributed by atoms with Gasteiger partial charge in [0.05, 0.1) is 24.3 Å². The second-order valence-electron chi connectivity index (χ2n) is 6.98. The second kappa shape index (κ2) is 7.35. The average Bonchev–Trinajstić information content (AvgIpc) is 3.16. The highest BCUT2D eigenvalue weighted by molar-refractivity contribution is 5.83. The molecule has 132 valence electrons. The van der Waals surface area contributed by atoms with E-state index in [2.05, 4.69) is 20.3 Å². The molecule has 0 aromatic carbocycles. The van der Waals surface area contributed by atoms with Crippen LogP contribution in [-0.4, -0.2) is 38.3 Å². The Morgan fingerprint density at radius 2 is 2.08 bits per heavy atom. The first-order chi connectivity index (χ1) is 12.3. The third-order valence-electron chi connectivity index (χ3n) is 5.35. The van der Waals surface area contributed by atoms with Gasteiger partial charge in [0.2, 0.25) is 5.91 Å². The normalized spacial score (nSPS) is 20.9. The first kappa shape index (κ1) is 16.3. The number of carbonyl (C=O) groups is 1. The lowest BCUT2D eigenvalue weighted by Crippen LogP contribution is -2.48. The van der Waals surface area contributed by atoms with Crippen LogP contribution in [0, 0.1) is 0 Å². The van der Waals surface area contributed by atoms with Crippen LogP contribution < -0.4 is 5.32 Å². The molecule has 0 bridgehead atoms. The largest absolute Gasteiger partial charge is 0.348 e. The number of aromatic nitrogens is 3. The number of nitrogens with zero attached hydrogens (tertiary/aromatic N) is 3. The van der Waals surface area contributed by atoms with Crippen LogP contribution in [0.25, 0.3) is 0 Å². The zero-order valence-corrected chi connectivity index (χ0v) is 14.4. The third kappa shape index (κ3) is 3.44. The maximum Gasteiger partial charge on any atom is 0.246 e. The molecule has 2 aromatic rings. The molecular weight excluding hydrogens is 314 g/mol. The number of rotatable bonds is 4. The van der Waals surface area contributed by atoms with Crippen molar-refractivity contribution in [2.75, 3.05) is 6.54 Å². The first-order valence-corrected chi connectivity index (χ1v) is 9.29. The van der Waals surface area contributed by atoms with Crippen molar-refractivity contribution in [2.45, 2.75) is 57.2 Å². The smallest absolute Gasteiger partial charge is 0.246 e. The van der Waals surface area contributed by atoms with Crippen LogP contribution in [-0.2, 0) is 17.8 Å². The van der Waals surface area contributed by atoms with Crippen molar-refractivity contribution in [2.24, 2.45) is 0 Å². The Hall–Kier alpha value is -2.21. The average molecular weight is 339 g/mol. The molecule has 0 unspecified atom stereocenters. The maximum absolute atomic E-state index is 13.4. The molecule has 0 spiro atoms. The third-order valence-corrected chi connectivity index (χ3v) is 5.35. The maximum atomic E-state index is 13.4. The molecule has 1 aliphatic heterocycles. The van der Waals surface area contributed by atoms with Gasteiger partial charge in [-0.15, -0.1) is 0 Å². The van der Waals surface area contributed by atoms with Crippen LogP contribution >= 0.6 is 0 Å². The molecular formula is C19H25N5O. The van der Waals surface area contributed by atoms with E-state index in [1.54, 1.807) is 12.5 Å². The zero-order chi connectivity index (χ0) is 17.1. The Kier molecular flexibility index (Phi) is 4.78. The number of nitrogens with one attached hydrogen (secondary N) is 2. The Bertz CT molecular complexity index is 708. The summed E-state index contributed by atoms with van der Waals surface area (Å²) in [5.74, 6) is 0.130. The second-order valence-corrected chi connectivity index (χ2v) is 6.98. The van der Waals surface area contributed by atoms with Gasteiger partial charge in [-0.2, -0.15) is 0 Å². The van der Waals surface area contributed by atoms with E-state index in [9.17, 15) is 4.79 Å². The van der Waals surface area contributed by atoms with Gasteiger partial charge in [0.15, 0.2) is 0 Å². The summed E-state index contributed by atoms with van der Waals surface area (Å²) in [5.41, 5.74) is 2.89. The topological polar surface area (TPSA) is 73.9 Å². The Labute approximate surface area is 148 Å². The predicted octanol–water partition coefficient (Wildman–Crippen LogP) is 2.35. The van der Waals surface area contributed by atoms with Crippen molar-refractivity contribution in [1.29, 1.82) is 0 Å². The van der Waals surface area contributed by atoms with Crippen LogP contribution in [0.2, 0.25) is 0 Å². The molecule has 4 rings (SSSR count). The van der Waals surface area contributed by atoms with Gasteiger partial charge in [0, 0.05) is 30.9 Å². The quantitative estimate of drug-likeness (QED) is 0.897. The number of hydrogen-bond acceptors (Lipinski definition) is 4. The number of imidazole rings is 1. The van der Waals surface area contributed by atoms with Gasteiger partial charge >= 0.3 is 0 Å². The lowest BCUT2D eigenvalue weighted by atomic mass is 9.93. The molecule has 6 heteroatoms. The van der Waals surface area contributed by atoms with E-state index in [-0.39, 0.29) is 11.9 Å². The molecule has 1 atom stereocenters. The van der Waals surface area contributed by atoms with E-state index in [4.69, 9.17) is 0 Å². The summed E-state index contributed by atoms with van der Waals surface area (Å²) in [5, 5.41) is 3.37. The summed E-state index contributed by atoms with van der Waals surface area (Å²) in [6.07, 6.45) is 10.2. The molecule has 2 N–H and O–H groups in total. The van der Waals surface area contributed by atoms with Gasteiger partial charge in [0.25, 0.3) is 0 Å². The molecule has 1 amide bonds. The Balaban J connectivity index is 1.60. The minimum atomic E-state index is -0.347. The summed E-state index contributed by atoms with van der Waals surface area (Å²) in [7, 11) is 0. The predicted molar refractivity (Wildman–Crippen MR) is 94.7 cm³/mol. The highest BCUT2D eigenvalue weighted by Gasteiger charge is 2.35. The van der Waals surface area contributed by atoms with Crippen LogP contribution in [0.3, 0.4) is 0 Å². The summed E-state index contributed by atoms with van der Waals surface area (Å²) in [6.45, 7) is 1.37. The highest BCUT2D eigenvalue weighted by atomic mass is 16.2. The van der Waals surface area contributed by atoms with E-state index in [1.807, 2.05) is 23.1 Å². The van der Waals surface area contributed by atoms with Crippen molar-refractivity contribution in [3.63, 3.8) is 0 Å². The number of carbonyl (C=O) groups excluding carboxylic acids is 1. The van der Waals surface area contributed by atoms with Crippen LogP contribution in [0.4, 0.5) is 0 Å². The lowest BCUT2D eigenvalue weighted by molar-refractivity contribution is -0.137. The number of H-pyrrole nitrogens is 1. The summed E-state index contributed by atoms with van der Waals surface area (Å²) >= 11 is 0. The van der Waals surface area contributed by atoms with E-state index >= 15 is 0 Å². The van der Waals surface area contributed by atoms with Gasteiger partial charge in [-0.1, -0.05) is 25.3 Å². The number of aromatic amines is 1. The van der Waals surface area contributed by atoms with Gasteiger partial charge in [-0.3, -0.25) is 9.78 Å². The molecule has 0 saturated heterocycles. The fourth-order valence-electron chi connectivity index (χ4n) is 4.03. The van der Waals surface area contributed by atoms with Crippen molar-refractivity contribution in [1.82, 2.24) is 25.2 Å². The van der Waals surface area contributed by atoms with Crippen LogP contribution in [0.1, 0.15) is 55.2 Å². The fourth-order valence-corrected chi connectivity index (χ4v) is 4.03. The molecule has 6 nitrogen and oxygen atoms in total. The highest BCUT2D eigenvalue weighted by Crippen LogP contribution is 2.28. The number of fused-ring (bicyclic) bond motifs is 1. The molecule has 2 aliphatic rings. The first-order valence-electron chi connectivity index (χ1n) is 9.29. The Morgan fingerprint density at radius 3 is 2.88 bits per heavy atom. The Morgan fingerprint density at radius 1 is 1.20 bits per heavy atom. The lowest BCUT2D eigenvalue weighted by Gasteiger charge is -2.37. The van der Waals surface area contributed by atoms with Crippen LogP contribution in [0.15, 0.2) is 30.7 Å². The van der Waals surface area contributed by atoms with Gasteiger partial charge in [-0.25, -0.2) is 4.98 Å². The van der Waals surface area contributed by atoms with E-state index < -0.39 is 0 Å². The van der Waals surface area contributed by atoms with E-state index in [1.165, 1.54) is 19.3 Å². The summed E-state index contributed by atoms with van der Waals surface area (Å²) < 4.78 is 0. The van der Waals surface area contributed by atoms with Gasteiger partial charge < -0.3 is 15.2 Å². The minimum absolute atomic E-state index is 0.130. The molecule has 0 radical (unpaired) electrons. The number of hydrogen-bond donors (Lipinski definition) is 2. The molecule has 2 aromatic heterocycles. The summed E-state index contributed by atoms with van der Waals surface area (Å²) in [6, 6.07) is 5.85. The zero-order valence-electron chi connectivity index (χ0n) is 14.4.